The number of hydrogen-bond acceptors (Lipinski definition) is 6. The van der Waals surface area contributed by atoms with Crippen molar-refractivity contribution in [2.45, 2.75) is 38.6 Å². The summed E-state index contributed by atoms with van der Waals surface area (Å²) in [4.78, 5) is 20.1. The Morgan fingerprint density at radius 2 is 1.88 bits per heavy atom. The number of nitrogens with one attached hydrogen (secondary N) is 2. The van der Waals surface area contributed by atoms with Gasteiger partial charge in [0.15, 0.2) is 6.04 Å². The fourth-order valence-electron chi connectivity index (χ4n) is 2.78. The van der Waals surface area contributed by atoms with E-state index in [4.69, 9.17) is 21.1 Å². The van der Waals surface area contributed by atoms with E-state index in [9.17, 15) is 18.0 Å². The van der Waals surface area contributed by atoms with Gasteiger partial charge in [-0.1, -0.05) is 11.6 Å². The first-order valence-corrected chi connectivity index (χ1v) is 10.2. The maximum absolute atomic E-state index is 13.4. The third-order valence-electron chi connectivity index (χ3n) is 4.23. The zero-order valence-corrected chi connectivity index (χ0v) is 18.8. The first kappa shape index (κ1) is 24.4. The maximum atomic E-state index is 13.4. The summed E-state index contributed by atoms with van der Waals surface area (Å²) >= 11 is 5.79. The summed E-state index contributed by atoms with van der Waals surface area (Å²) in [5.74, 6) is 0.732. The second kappa shape index (κ2) is 9.70. The summed E-state index contributed by atoms with van der Waals surface area (Å²) in [6.07, 6.45) is -2.79. The standard InChI is InChI=1S/C22H22ClF3N4O3/c1-21(2,3)33-20(31)30-17(22(24,25)26)12-32-15-5-6-16-13(10-15)8-9-27-19(16)29-14-4-7-18(23)28-11-14/h4-11,17H,12H2,1-3H3,(H,27,29)(H,30,31). The van der Waals surface area contributed by atoms with E-state index in [1.165, 1.54) is 6.07 Å². The van der Waals surface area contributed by atoms with Crippen molar-refractivity contribution in [3.8, 4) is 5.75 Å². The van der Waals surface area contributed by atoms with E-state index >= 15 is 0 Å². The third kappa shape index (κ3) is 7.11. The topological polar surface area (TPSA) is 85.4 Å². The normalized spacial score (nSPS) is 12.8. The van der Waals surface area contributed by atoms with Crippen LogP contribution in [0.1, 0.15) is 20.8 Å². The zero-order valence-electron chi connectivity index (χ0n) is 18.0. The van der Waals surface area contributed by atoms with Gasteiger partial charge in [0.1, 0.15) is 28.9 Å². The highest BCUT2D eigenvalue weighted by molar-refractivity contribution is 6.29. The van der Waals surface area contributed by atoms with Crippen LogP contribution in [-0.4, -0.2) is 40.5 Å². The van der Waals surface area contributed by atoms with Gasteiger partial charge < -0.3 is 20.1 Å². The number of halogens is 4. The van der Waals surface area contributed by atoms with E-state index in [0.717, 1.165) is 5.39 Å². The number of amides is 1. The van der Waals surface area contributed by atoms with E-state index in [-0.39, 0.29) is 5.75 Å². The minimum Gasteiger partial charge on any atom is -0.491 e. The number of rotatable bonds is 6. The lowest BCUT2D eigenvalue weighted by Gasteiger charge is -2.25. The minimum absolute atomic E-state index is 0.202. The van der Waals surface area contributed by atoms with Gasteiger partial charge in [-0.3, -0.25) is 0 Å². The number of carbonyl (C=O) groups is 1. The maximum Gasteiger partial charge on any atom is 0.412 e. The van der Waals surface area contributed by atoms with Gasteiger partial charge in [0, 0.05) is 11.6 Å². The number of pyridine rings is 2. The van der Waals surface area contributed by atoms with Crippen LogP contribution in [0.15, 0.2) is 48.8 Å². The van der Waals surface area contributed by atoms with Gasteiger partial charge in [-0.05, 0) is 62.6 Å². The summed E-state index contributed by atoms with van der Waals surface area (Å²) in [7, 11) is 0. The first-order chi connectivity index (χ1) is 15.4. The zero-order chi connectivity index (χ0) is 24.2. The van der Waals surface area contributed by atoms with E-state index in [0.29, 0.717) is 22.0 Å². The Balaban J connectivity index is 1.73. The molecule has 0 spiro atoms. The molecule has 33 heavy (non-hydrogen) atoms. The molecular weight excluding hydrogens is 461 g/mol. The minimum atomic E-state index is -4.72. The Morgan fingerprint density at radius 3 is 2.52 bits per heavy atom. The third-order valence-corrected chi connectivity index (χ3v) is 4.45. The molecule has 0 bridgehead atoms. The van der Waals surface area contributed by atoms with Gasteiger partial charge in [0.25, 0.3) is 0 Å². The Kier molecular flexibility index (Phi) is 7.16. The summed E-state index contributed by atoms with van der Waals surface area (Å²) in [6.45, 7) is 3.85. The molecule has 7 nitrogen and oxygen atoms in total. The number of benzene rings is 1. The molecular formula is C22H22ClF3N4O3. The highest BCUT2D eigenvalue weighted by Crippen LogP contribution is 2.28. The lowest BCUT2D eigenvalue weighted by atomic mass is 10.1. The second-order valence-corrected chi connectivity index (χ2v) is 8.48. The molecule has 1 atom stereocenters. The molecule has 3 rings (SSSR count). The van der Waals surface area contributed by atoms with Crippen LogP contribution in [0.4, 0.5) is 29.5 Å². The van der Waals surface area contributed by atoms with E-state index in [2.05, 4.69) is 15.3 Å². The molecule has 0 saturated heterocycles. The van der Waals surface area contributed by atoms with Crippen LogP contribution < -0.4 is 15.4 Å². The molecule has 0 fully saturated rings. The van der Waals surface area contributed by atoms with Crippen molar-refractivity contribution in [3.05, 3.63) is 53.9 Å². The predicted molar refractivity (Wildman–Crippen MR) is 119 cm³/mol. The van der Waals surface area contributed by atoms with E-state index in [1.807, 2.05) is 5.32 Å². The van der Waals surface area contributed by atoms with E-state index < -0.39 is 30.5 Å². The average Bonchev–Trinajstić information content (AvgIpc) is 2.70. The van der Waals surface area contributed by atoms with E-state index in [1.54, 1.807) is 63.5 Å². The highest BCUT2D eigenvalue weighted by Gasteiger charge is 2.42. The first-order valence-electron chi connectivity index (χ1n) is 9.87. The second-order valence-electron chi connectivity index (χ2n) is 8.09. The number of ether oxygens (including phenoxy) is 2. The number of carbonyl (C=O) groups excluding carboxylic acids is 1. The lowest BCUT2D eigenvalue weighted by Crippen LogP contribution is -2.50. The largest absolute Gasteiger partial charge is 0.491 e. The van der Waals surface area contributed by atoms with Crippen molar-refractivity contribution in [3.63, 3.8) is 0 Å². The molecule has 1 amide bonds. The van der Waals surface area contributed by atoms with Gasteiger partial charge >= 0.3 is 12.3 Å². The fraction of sp³-hybridized carbons (Fsp3) is 0.318. The van der Waals surface area contributed by atoms with Crippen molar-refractivity contribution in [1.29, 1.82) is 0 Å². The van der Waals surface area contributed by atoms with Crippen molar-refractivity contribution in [1.82, 2.24) is 15.3 Å². The average molecular weight is 483 g/mol. The van der Waals surface area contributed by atoms with Crippen LogP contribution in [0.2, 0.25) is 5.15 Å². The van der Waals surface area contributed by atoms with Gasteiger partial charge in [-0.25, -0.2) is 14.8 Å². The fourth-order valence-corrected chi connectivity index (χ4v) is 2.89. The van der Waals surface area contributed by atoms with Crippen LogP contribution in [-0.2, 0) is 4.74 Å². The van der Waals surface area contributed by atoms with Crippen molar-refractivity contribution in [2.75, 3.05) is 11.9 Å². The summed E-state index contributed by atoms with van der Waals surface area (Å²) in [5, 5.41) is 6.70. The molecule has 3 aromatic rings. The number of nitrogens with zero attached hydrogens (tertiary/aromatic N) is 2. The molecule has 0 aliphatic heterocycles. The number of alkyl carbamates (subject to hydrolysis) is 1. The van der Waals surface area contributed by atoms with Crippen molar-refractivity contribution >= 4 is 40.0 Å². The quantitative estimate of drug-likeness (QED) is 0.428. The molecule has 2 N–H and O–H groups in total. The van der Waals surface area contributed by atoms with Crippen LogP contribution >= 0.6 is 11.6 Å². The van der Waals surface area contributed by atoms with Crippen LogP contribution in [0.3, 0.4) is 0 Å². The molecule has 1 aromatic carbocycles. The molecule has 0 aliphatic carbocycles. The lowest BCUT2D eigenvalue weighted by molar-refractivity contribution is -0.161. The molecule has 1 unspecified atom stereocenters. The Hall–Kier alpha value is -3.27. The Bertz CT molecular complexity index is 1120. The number of alkyl halides is 3. The Morgan fingerprint density at radius 1 is 1.12 bits per heavy atom. The van der Waals surface area contributed by atoms with Gasteiger partial charge in [0.05, 0.1) is 11.9 Å². The van der Waals surface area contributed by atoms with Gasteiger partial charge in [-0.2, -0.15) is 13.2 Å². The van der Waals surface area contributed by atoms with Gasteiger partial charge in [0.2, 0.25) is 0 Å². The molecule has 2 heterocycles. The molecule has 0 aliphatic rings. The van der Waals surface area contributed by atoms with Crippen LogP contribution in [0, 0.1) is 0 Å². The number of anilines is 2. The Labute approximate surface area is 193 Å². The smallest absolute Gasteiger partial charge is 0.412 e. The molecule has 176 valence electrons. The number of aromatic nitrogens is 2. The summed E-state index contributed by atoms with van der Waals surface area (Å²) in [5.41, 5.74) is -0.262. The molecule has 2 aromatic heterocycles. The van der Waals surface area contributed by atoms with Crippen LogP contribution in [0.5, 0.6) is 5.75 Å². The number of fused-ring (bicyclic) bond motifs is 1. The van der Waals surface area contributed by atoms with Crippen molar-refractivity contribution in [2.24, 2.45) is 0 Å². The van der Waals surface area contributed by atoms with Gasteiger partial charge in [-0.15, -0.1) is 0 Å². The molecule has 11 heteroatoms. The SMILES string of the molecule is CC(C)(C)OC(=O)NC(COc1ccc2c(Nc3ccc(Cl)nc3)nccc2c1)C(F)(F)F. The van der Waals surface area contributed by atoms with Crippen LogP contribution in [0.25, 0.3) is 10.8 Å². The molecule has 0 saturated carbocycles. The summed E-state index contributed by atoms with van der Waals surface area (Å²) in [6, 6.07) is 7.61. The number of hydrogen-bond donors (Lipinski definition) is 2. The monoisotopic (exact) mass is 482 g/mol. The molecule has 0 radical (unpaired) electrons. The van der Waals surface area contributed by atoms with Crippen molar-refractivity contribution < 1.29 is 27.4 Å². The predicted octanol–water partition coefficient (Wildman–Crippen LogP) is 5.86. The summed E-state index contributed by atoms with van der Waals surface area (Å²) < 4.78 is 50.4. The highest BCUT2D eigenvalue weighted by atomic mass is 35.5.